The van der Waals surface area contributed by atoms with E-state index in [1.807, 2.05) is 0 Å². The first-order valence-electron chi connectivity index (χ1n) is 5.37. The maximum atomic E-state index is 5.93. The summed E-state index contributed by atoms with van der Waals surface area (Å²) in [7, 11) is 0. The normalized spacial score (nSPS) is 20.3. The van der Waals surface area contributed by atoms with Gasteiger partial charge in [0.05, 0.1) is 12.2 Å². The Morgan fingerprint density at radius 2 is 2.00 bits per heavy atom. The van der Waals surface area contributed by atoms with E-state index in [4.69, 9.17) is 10.5 Å². The van der Waals surface area contributed by atoms with Crippen LogP contribution in [0.3, 0.4) is 0 Å². The van der Waals surface area contributed by atoms with Crippen molar-refractivity contribution in [2.45, 2.75) is 58.1 Å². The second-order valence-corrected chi connectivity index (χ2v) is 5.20. The van der Waals surface area contributed by atoms with E-state index in [-0.39, 0.29) is 11.6 Å². The predicted octanol–water partition coefficient (Wildman–Crippen LogP) is 2.32. The Balaban J connectivity index is 1.99. The van der Waals surface area contributed by atoms with Gasteiger partial charge in [-0.3, -0.25) is 0 Å². The van der Waals surface area contributed by atoms with Gasteiger partial charge < -0.3 is 10.5 Å². The molecule has 1 saturated carbocycles. The van der Waals surface area contributed by atoms with E-state index in [2.05, 4.69) is 20.8 Å². The smallest absolute Gasteiger partial charge is 0.0624 e. The summed E-state index contributed by atoms with van der Waals surface area (Å²) in [6, 6.07) is 0.236. The molecule has 1 fully saturated rings. The first-order valence-corrected chi connectivity index (χ1v) is 5.37. The van der Waals surface area contributed by atoms with Gasteiger partial charge in [-0.25, -0.2) is 0 Å². The number of hydrogen-bond donors (Lipinski definition) is 1. The van der Waals surface area contributed by atoms with Gasteiger partial charge in [-0.2, -0.15) is 0 Å². The van der Waals surface area contributed by atoms with Crippen molar-refractivity contribution >= 4 is 0 Å². The summed E-state index contributed by atoms with van der Waals surface area (Å²) < 4.78 is 5.62. The van der Waals surface area contributed by atoms with Crippen molar-refractivity contribution in [3.63, 3.8) is 0 Å². The van der Waals surface area contributed by atoms with Crippen molar-refractivity contribution in [3.8, 4) is 0 Å². The van der Waals surface area contributed by atoms with E-state index in [0.29, 0.717) is 6.61 Å². The molecule has 1 aliphatic carbocycles. The molecule has 0 heterocycles. The molecule has 2 heteroatoms. The molecule has 1 atom stereocenters. The van der Waals surface area contributed by atoms with Crippen LogP contribution >= 0.6 is 0 Å². The third-order valence-electron chi connectivity index (χ3n) is 2.37. The van der Waals surface area contributed by atoms with E-state index in [0.717, 1.165) is 12.3 Å². The molecular weight excluding hydrogens is 162 g/mol. The zero-order chi connectivity index (χ0) is 9.90. The molecule has 0 bridgehead atoms. The Morgan fingerprint density at radius 3 is 2.46 bits per heavy atom. The van der Waals surface area contributed by atoms with Gasteiger partial charge in [0.15, 0.2) is 0 Å². The van der Waals surface area contributed by atoms with E-state index in [1.165, 1.54) is 19.3 Å². The molecule has 2 N–H and O–H groups in total. The topological polar surface area (TPSA) is 35.2 Å². The molecule has 0 aliphatic heterocycles. The monoisotopic (exact) mass is 185 g/mol. The molecular formula is C11H23NO. The van der Waals surface area contributed by atoms with Gasteiger partial charge in [-0.15, -0.1) is 0 Å². The largest absolute Gasteiger partial charge is 0.374 e. The summed E-state index contributed by atoms with van der Waals surface area (Å²) in [6.45, 7) is 6.91. The molecule has 13 heavy (non-hydrogen) atoms. The molecule has 0 spiro atoms. The highest BCUT2D eigenvalue weighted by molar-refractivity contribution is 4.75. The van der Waals surface area contributed by atoms with Crippen LogP contribution in [0.15, 0.2) is 0 Å². The molecule has 0 aromatic carbocycles. The fourth-order valence-corrected chi connectivity index (χ4v) is 1.30. The second kappa shape index (κ2) is 4.43. The van der Waals surface area contributed by atoms with Crippen molar-refractivity contribution in [2.75, 3.05) is 6.61 Å². The van der Waals surface area contributed by atoms with Crippen molar-refractivity contribution < 1.29 is 4.74 Å². The first kappa shape index (κ1) is 11.0. The minimum Gasteiger partial charge on any atom is -0.374 e. The summed E-state index contributed by atoms with van der Waals surface area (Å²) in [5.41, 5.74) is 5.89. The Morgan fingerprint density at radius 1 is 1.38 bits per heavy atom. The molecule has 0 radical (unpaired) electrons. The lowest BCUT2D eigenvalue weighted by Crippen LogP contribution is -2.31. The van der Waals surface area contributed by atoms with E-state index < -0.39 is 0 Å². The summed E-state index contributed by atoms with van der Waals surface area (Å²) in [5.74, 6) is 0.987. The van der Waals surface area contributed by atoms with Crippen molar-refractivity contribution in [2.24, 2.45) is 11.7 Å². The maximum Gasteiger partial charge on any atom is 0.0624 e. The van der Waals surface area contributed by atoms with Gasteiger partial charge in [0.2, 0.25) is 0 Å². The number of ether oxygens (including phenoxy) is 1. The molecule has 2 nitrogen and oxygen atoms in total. The Hall–Kier alpha value is -0.0800. The molecule has 1 unspecified atom stereocenters. The first-order chi connectivity index (χ1) is 5.97. The zero-order valence-corrected chi connectivity index (χ0v) is 9.18. The summed E-state index contributed by atoms with van der Waals surface area (Å²) in [6.07, 6.45) is 5.27. The van der Waals surface area contributed by atoms with Crippen LogP contribution in [0.1, 0.15) is 46.5 Å². The van der Waals surface area contributed by atoms with Crippen LogP contribution in [0.4, 0.5) is 0 Å². The molecule has 0 saturated heterocycles. The molecule has 1 rings (SSSR count). The average Bonchev–Trinajstić information content (AvgIpc) is 2.78. The summed E-state index contributed by atoms with van der Waals surface area (Å²) in [4.78, 5) is 0. The Bertz CT molecular complexity index is 147. The number of hydrogen-bond acceptors (Lipinski definition) is 2. The number of rotatable bonds is 5. The van der Waals surface area contributed by atoms with Crippen LogP contribution in [0.25, 0.3) is 0 Å². The fourth-order valence-electron chi connectivity index (χ4n) is 1.30. The summed E-state index contributed by atoms with van der Waals surface area (Å²) in [5, 5.41) is 0. The van der Waals surface area contributed by atoms with E-state index in [9.17, 15) is 0 Å². The van der Waals surface area contributed by atoms with Crippen LogP contribution in [-0.2, 0) is 4.74 Å². The molecule has 1 aliphatic rings. The maximum absolute atomic E-state index is 5.93. The Labute approximate surface area is 81.8 Å². The van der Waals surface area contributed by atoms with Gasteiger partial charge in [0.25, 0.3) is 0 Å². The molecule has 0 aromatic rings. The molecule has 0 amide bonds. The average molecular weight is 185 g/mol. The minimum atomic E-state index is -0.0444. The fraction of sp³-hybridized carbons (Fsp3) is 1.00. The van der Waals surface area contributed by atoms with Crippen LogP contribution in [-0.4, -0.2) is 18.2 Å². The van der Waals surface area contributed by atoms with E-state index >= 15 is 0 Å². The van der Waals surface area contributed by atoms with Gasteiger partial charge in [-0.05, 0) is 39.5 Å². The third kappa shape index (κ3) is 6.05. The number of nitrogens with two attached hydrogens (primary N) is 1. The van der Waals surface area contributed by atoms with Crippen molar-refractivity contribution in [3.05, 3.63) is 0 Å². The highest BCUT2D eigenvalue weighted by Crippen LogP contribution is 2.33. The lowest BCUT2D eigenvalue weighted by atomic mass is 10.1. The van der Waals surface area contributed by atoms with Gasteiger partial charge in [0.1, 0.15) is 0 Å². The van der Waals surface area contributed by atoms with Crippen LogP contribution in [0, 0.1) is 5.92 Å². The van der Waals surface area contributed by atoms with Gasteiger partial charge >= 0.3 is 0 Å². The van der Waals surface area contributed by atoms with Gasteiger partial charge in [0, 0.05) is 6.04 Å². The lowest BCUT2D eigenvalue weighted by molar-refractivity contribution is -0.0110. The molecule has 78 valence electrons. The van der Waals surface area contributed by atoms with Crippen LogP contribution in [0.5, 0.6) is 0 Å². The highest BCUT2D eigenvalue weighted by atomic mass is 16.5. The summed E-state index contributed by atoms with van der Waals surface area (Å²) >= 11 is 0. The quantitative estimate of drug-likeness (QED) is 0.713. The lowest BCUT2D eigenvalue weighted by Gasteiger charge is -2.22. The molecule has 0 aromatic heterocycles. The standard InChI is InChI=1S/C11H23NO/c1-11(2,3)13-8-10(12)7-6-9-4-5-9/h9-10H,4-8,12H2,1-3H3. The van der Waals surface area contributed by atoms with E-state index in [1.54, 1.807) is 0 Å². The van der Waals surface area contributed by atoms with Gasteiger partial charge in [-0.1, -0.05) is 12.8 Å². The van der Waals surface area contributed by atoms with Crippen molar-refractivity contribution in [1.82, 2.24) is 0 Å². The second-order valence-electron chi connectivity index (χ2n) is 5.20. The SMILES string of the molecule is CC(C)(C)OCC(N)CCC1CC1. The predicted molar refractivity (Wildman–Crippen MR) is 55.6 cm³/mol. The third-order valence-corrected chi connectivity index (χ3v) is 2.37. The minimum absolute atomic E-state index is 0.0444. The van der Waals surface area contributed by atoms with Crippen molar-refractivity contribution in [1.29, 1.82) is 0 Å². The van der Waals surface area contributed by atoms with Crippen LogP contribution in [0.2, 0.25) is 0 Å². The Kier molecular flexibility index (Phi) is 3.74. The zero-order valence-electron chi connectivity index (χ0n) is 9.18. The van der Waals surface area contributed by atoms with Crippen LogP contribution < -0.4 is 5.73 Å². The highest BCUT2D eigenvalue weighted by Gasteiger charge is 2.22.